The molecule has 0 amide bonds. The van der Waals surface area contributed by atoms with Crippen LogP contribution in [0.2, 0.25) is 0 Å². The molecule has 1 saturated heterocycles. The molecule has 3 atom stereocenters. The fourth-order valence-corrected chi connectivity index (χ4v) is 2.49. The summed E-state index contributed by atoms with van der Waals surface area (Å²) in [6.07, 6.45) is 0.620. The van der Waals surface area contributed by atoms with Gasteiger partial charge in [0.15, 0.2) is 0 Å². The van der Waals surface area contributed by atoms with Crippen molar-refractivity contribution in [3.8, 4) is 0 Å². The van der Waals surface area contributed by atoms with E-state index in [0.717, 1.165) is 19.6 Å². The average Bonchev–Trinajstić information content (AvgIpc) is 2.32. The number of piperazine rings is 1. The molecule has 0 spiro atoms. The second-order valence-corrected chi connectivity index (χ2v) is 5.76. The Morgan fingerprint density at radius 2 is 2.17 bits per heavy atom. The van der Waals surface area contributed by atoms with Crippen molar-refractivity contribution in [2.45, 2.75) is 44.8 Å². The topological polar surface area (TPSA) is 55.8 Å². The molecule has 5 heteroatoms. The summed E-state index contributed by atoms with van der Waals surface area (Å²) >= 11 is 0. The Balaban J connectivity index is 2.60. The lowest BCUT2D eigenvalue weighted by Gasteiger charge is -2.42. The van der Waals surface area contributed by atoms with Crippen molar-refractivity contribution in [1.82, 2.24) is 15.1 Å². The molecule has 18 heavy (non-hydrogen) atoms. The highest BCUT2D eigenvalue weighted by atomic mass is 16.4. The number of carbonyl (C=O) groups is 1. The van der Waals surface area contributed by atoms with Crippen LogP contribution in [0.3, 0.4) is 0 Å². The minimum absolute atomic E-state index is 0.273. The van der Waals surface area contributed by atoms with Gasteiger partial charge in [-0.25, -0.2) is 0 Å². The van der Waals surface area contributed by atoms with E-state index in [9.17, 15) is 9.90 Å². The van der Waals surface area contributed by atoms with Gasteiger partial charge in [-0.2, -0.15) is 0 Å². The molecule has 1 heterocycles. The SMILES string of the molecule is CNC(C)(CC(C)N1CCN(C)C(C)C1)C(=O)O. The highest BCUT2D eigenvalue weighted by Crippen LogP contribution is 2.19. The second kappa shape index (κ2) is 5.99. The van der Waals surface area contributed by atoms with Crippen molar-refractivity contribution < 1.29 is 9.90 Å². The number of carboxylic acid groups (broad SMARTS) is 1. The molecule has 3 unspecified atom stereocenters. The Kier molecular flexibility index (Phi) is 5.13. The molecule has 1 rings (SSSR count). The quantitative estimate of drug-likeness (QED) is 0.749. The lowest BCUT2D eigenvalue weighted by molar-refractivity contribution is -0.144. The van der Waals surface area contributed by atoms with Crippen molar-refractivity contribution in [2.24, 2.45) is 0 Å². The molecule has 0 aromatic carbocycles. The lowest BCUT2D eigenvalue weighted by Crippen LogP contribution is -2.56. The maximum absolute atomic E-state index is 11.3. The predicted molar refractivity (Wildman–Crippen MR) is 72.8 cm³/mol. The normalized spacial score (nSPS) is 27.7. The summed E-state index contributed by atoms with van der Waals surface area (Å²) in [7, 11) is 3.86. The van der Waals surface area contributed by atoms with E-state index in [1.807, 2.05) is 0 Å². The highest BCUT2D eigenvalue weighted by Gasteiger charge is 2.35. The number of hydrogen-bond donors (Lipinski definition) is 2. The van der Waals surface area contributed by atoms with Crippen LogP contribution in [-0.4, -0.2) is 72.2 Å². The monoisotopic (exact) mass is 257 g/mol. The van der Waals surface area contributed by atoms with E-state index in [1.165, 1.54) is 0 Å². The van der Waals surface area contributed by atoms with Crippen LogP contribution < -0.4 is 5.32 Å². The molecule has 0 bridgehead atoms. The molecular formula is C13H27N3O2. The van der Waals surface area contributed by atoms with Gasteiger partial charge in [-0.3, -0.25) is 9.69 Å². The van der Waals surface area contributed by atoms with E-state index in [0.29, 0.717) is 12.5 Å². The first kappa shape index (κ1) is 15.4. The molecule has 106 valence electrons. The van der Waals surface area contributed by atoms with Gasteiger partial charge in [0, 0.05) is 31.7 Å². The fraction of sp³-hybridized carbons (Fsp3) is 0.923. The number of likely N-dealkylation sites (N-methyl/N-ethyl adjacent to an activating group) is 2. The van der Waals surface area contributed by atoms with Crippen LogP contribution in [0.15, 0.2) is 0 Å². The van der Waals surface area contributed by atoms with Crippen LogP contribution in [0.4, 0.5) is 0 Å². The average molecular weight is 257 g/mol. The molecular weight excluding hydrogens is 230 g/mol. The molecule has 1 fully saturated rings. The molecule has 5 nitrogen and oxygen atoms in total. The van der Waals surface area contributed by atoms with Crippen LogP contribution in [0, 0.1) is 0 Å². The minimum Gasteiger partial charge on any atom is -0.480 e. The summed E-state index contributed by atoms with van der Waals surface area (Å²) < 4.78 is 0. The first-order valence-corrected chi connectivity index (χ1v) is 6.66. The third kappa shape index (κ3) is 3.43. The molecule has 2 N–H and O–H groups in total. The molecule has 1 aliphatic heterocycles. The lowest BCUT2D eigenvalue weighted by atomic mass is 9.92. The van der Waals surface area contributed by atoms with Crippen LogP contribution in [0.5, 0.6) is 0 Å². The number of hydrogen-bond acceptors (Lipinski definition) is 4. The van der Waals surface area contributed by atoms with Gasteiger partial charge in [0.1, 0.15) is 5.54 Å². The van der Waals surface area contributed by atoms with E-state index in [-0.39, 0.29) is 6.04 Å². The van der Waals surface area contributed by atoms with Crippen molar-refractivity contribution in [3.63, 3.8) is 0 Å². The van der Waals surface area contributed by atoms with Gasteiger partial charge in [0.05, 0.1) is 0 Å². The summed E-state index contributed by atoms with van der Waals surface area (Å²) in [5.41, 5.74) is -0.841. The van der Waals surface area contributed by atoms with E-state index < -0.39 is 11.5 Å². The first-order chi connectivity index (χ1) is 8.30. The number of rotatable bonds is 5. The Morgan fingerprint density at radius 1 is 1.56 bits per heavy atom. The zero-order chi connectivity index (χ0) is 13.9. The van der Waals surface area contributed by atoms with Crippen LogP contribution >= 0.6 is 0 Å². The molecule has 1 aliphatic rings. The third-order valence-electron chi connectivity index (χ3n) is 4.34. The highest BCUT2D eigenvalue weighted by molar-refractivity contribution is 5.78. The Morgan fingerprint density at radius 3 is 2.61 bits per heavy atom. The van der Waals surface area contributed by atoms with Gasteiger partial charge in [-0.1, -0.05) is 0 Å². The van der Waals surface area contributed by atoms with Gasteiger partial charge in [0.25, 0.3) is 0 Å². The van der Waals surface area contributed by atoms with Crippen LogP contribution in [0.25, 0.3) is 0 Å². The van der Waals surface area contributed by atoms with Crippen molar-refractivity contribution in [3.05, 3.63) is 0 Å². The van der Waals surface area contributed by atoms with Gasteiger partial charge in [-0.15, -0.1) is 0 Å². The Bertz CT molecular complexity index is 298. The molecule has 0 radical (unpaired) electrons. The molecule has 0 aromatic heterocycles. The third-order valence-corrected chi connectivity index (χ3v) is 4.34. The zero-order valence-electron chi connectivity index (χ0n) is 12.2. The van der Waals surface area contributed by atoms with Crippen LogP contribution in [-0.2, 0) is 4.79 Å². The largest absolute Gasteiger partial charge is 0.480 e. The van der Waals surface area contributed by atoms with E-state index in [1.54, 1.807) is 14.0 Å². The molecule has 0 aromatic rings. The molecule has 0 aliphatic carbocycles. The predicted octanol–water partition coefficient (Wildman–Crippen LogP) is 0.464. The van der Waals surface area contributed by atoms with Gasteiger partial charge < -0.3 is 15.3 Å². The van der Waals surface area contributed by atoms with E-state index in [4.69, 9.17) is 0 Å². The van der Waals surface area contributed by atoms with Crippen molar-refractivity contribution >= 4 is 5.97 Å². The molecule has 0 saturated carbocycles. The minimum atomic E-state index is -0.841. The van der Waals surface area contributed by atoms with Gasteiger partial charge in [-0.05, 0) is 41.3 Å². The first-order valence-electron chi connectivity index (χ1n) is 6.66. The summed E-state index contributed by atoms with van der Waals surface area (Å²) in [6.45, 7) is 9.17. The summed E-state index contributed by atoms with van der Waals surface area (Å²) in [5.74, 6) is -0.779. The standard InChI is InChI=1S/C13H27N3O2/c1-10(8-13(3,14-4)12(17)18)16-7-6-15(5)11(2)9-16/h10-11,14H,6-9H2,1-5H3,(H,17,18). The summed E-state index contributed by atoms with van der Waals surface area (Å²) in [6, 6.07) is 0.807. The Labute approximate surface area is 110 Å². The maximum Gasteiger partial charge on any atom is 0.323 e. The Hall–Kier alpha value is -0.650. The zero-order valence-corrected chi connectivity index (χ0v) is 12.2. The number of carboxylic acids is 1. The van der Waals surface area contributed by atoms with Gasteiger partial charge in [0.2, 0.25) is 0 Å². The maximum atomic E-state index is 11.3. The fourth-order valence-electron chi connectivity index (χ4n) is 2.49. The van der Waals surface area contributed by atoms with Crippen LogP contribution in [0.1, 0.15) is 27.2 Å². The summed E-state index contributed by atoms with van der Waals surface area (Å²) in [5, 5.41) is 12.2. The summed E-state index contributed by atoms with van der Waals surface area (Å²) in [4.78, 5) is 16.0. The van der Waals surface area contributed by atoms with E-state index in [2.05, 4.69) is 36.0 Å². The van der Waals surface area contributed by atoms with Crippen molar-refractivity contribution in [1.29, 1.82) is 0 Å². The van der Waals surface area contributed by atoms with E-state index >= 15 is 0 Å². The van der Waals surface area contributed by atoms with Gasteiger partial charge >= 0.3 is 5.97 Å². The second-order valence-electron chi connectivity index (χ2n) is 5.76. The number of nitrogens with one attached hydrogen (secondary N) is 1. The smallest absolute Gasteiger partial charge is 0.323 e. The van der Waals surface area contributed by atoms with Crippen molar-refractivity contribution in [2.75, 3.05) is 33.7 Å². The number of aliphatic carboxylic acids is 1. The number of nitrogens with zero attached hydrogens (tertiary/aromatic N) is 2.